The quantitative estimate of drug-likeness (QED) is 0.586. The summed E-state index contributed by atoms with van der Waals surface area (Å²) >= 11 is 0. The van der Waals surface area contributed by atoms with Gasteiger partial charge < -0.3 is 19.4 Å². The fourth-order valence-corrected chi connectivity index (χ4v) is 3.25. The molecule has 0 aliphatic heterocycles. The second-order valence-corrected chi connectivity index (χ2v) is 6.78. The van der Waals surface area contributed by atoms with Crippen molar-refractivity contribution in [2.45, 2.75) is 26.7 Å². The Morgan fingerprint density at radius 2 is 1.66 bits per heavy atom. The Morgan fingerprint density at radius 1 is 1.00 bits per heavy atom. The topological polar surface area (TPSA) is 71.8 Å². The highest BCUT2D eigenvalue weighted by molar-refractivity contribution is 6.14. The normalized spacial score (nSPS) is 10.7. The summed E-state index contributed by atoms with van der Waals surface area (Å²) < 4.78 is 11.0. The Labute approximate surface area is 170 Å². The van der Waals surface area contributed by atoms with Crippen molar-refractivity contribution in [2.75, 3.05) is 25.5 Å². The fraction of sp³-hybridized carbons (Fsp3) is 0.304. The van der Waals surface area contributed by atoms with Gasteiger partial charge in [0, 0.05) is 24.0 Å². The Balaban J connectivity index is 1.98. The molecule has 0 saturated carbocycles. The molecule has 3 rings (SSSR count). The van der Waals surface area contributed by atoms with E-state index >= 15 is 0 Å². The van der Waals surface area contributed by atoms with Crippen LogP contribution in [0.4, 0.5) is 5.69 Å². The van der Waals surface area contributed by atoms with Crippen molar-refractivity contribution in [3.63, 3.8) is 0 Å². The van der Waals surface area contributed by atoms with Gasteiger partial charge in [0.15, 0.2) is 0 Å². The predicted molar refractivity (Wildman–Crippen MR) is 114 cm³/mol. The van der Waals surface area contributed by atoms with Gasteiger partial charge in [-0.25, -0.2) is 0 Å². The molecule has 0 aliphatic carbocycles. The molecule has 0 saturated heterocycles. The first-order chi connectivity index (χ1) is 14.1. The van der Waals surface area contributed by atoms with E-state index in [1.54, 1.807) is 42.3 Å². The van der Waals surface area contributed by atoms with E-state index in [0.717, 1.165) is 12.8 Å². The SMILES string of the molecule is CCCN(CCC)C(=O)c1oc2ccccc2c1NC(=O)c1ccc(OC)cc1. The van der Waals surface area contributed by atoms with Crippen molar-refractivity contribution in [3.05, 3.63) is 59.9 Å². The number of carbonyl (C=O) groups is 2. The van der Waals surface area contributed by atoms with Crippen molar-refractivity contribution in [2.24, 2.45) is 0 Å². The monoisotopic (exact) mass is 394 g/mol. The van der Waals surface area contributed by atoms with E-state index in [1.165, 1.54) is 0 Å². The van der Waals surface area contributed by atoms with Crippen molar-refractivity contribution < 1.29 is 18.7 Å². The maximum Gasteiger partial charge on any atom is 0.291 e. The maximum absolute atomic E-state index is 13.2. The molecule has 0 spiro atoms. The number of para-hydroxylation sites is 1. The number of ether oxygens (including phenoxy) is 1. The number of nitrogens with zero attached hydrogens (tertiary/aromatic N) is 1. The first kappa shape index (κ1) is 20.5. The predicted octanol–water partition coefficient (Wildman–Crippen LogP) is 4.96. The minimum Gasteiger partial charge on any atom is -0.497 e. The lowest BCUT2D eigenvalue weighted by molar-refractivity contribution is 0.0727. The molecule has 0 aliphatic rings. The fourth-order valence-electron chi connectivity index (χ4n) is 3.25. The van der Waals surface area contributed by atoms with E-state index in [0.29, 0.717) is 41.1 Å². The lowest BCUT2D eigenvalue weighted by Crippen LogP contribution is -2.32. The highest BCUT2D eigenvalue weighted by Gasteiger charge is 2.26. The number of hydrogen-bond acceptors (Lipinski definition) is 4. The van der Waals surface area contributed by atoms with Gasteiger partial charge in [0.1, 0.15) is 17.0 Å². The smallest absolute Gasteiger partial charge is 0.291 e. The zero-order chi connectivity index (χ0) is 20.8. The third kappa shape index (κ3) is 4.42. The number of carbonyl (C=O) groups excluding carboxylic acids is 2. The molecule has 3 aromatic rings. The van der Waals surface area contributed by atoms with Gasteiger partial charge >= 0.3 is 0 Å². The van der Waals surface area contributed by atoms with Crippen LogP contribution in [-0.2, 0) is 0 Å². The zero-order valence-electron chi connectivity index (χ0n) is 17.0. The number of furan rings is 1. The number of hydrogen-bond donors (Lipinski definition) is 1. The summed E-state index contributed by atoms with van der Waals surface area (Å²) in [5, 5.41) is 3.59. The Kier molecular flexibility index (Phi) is 6.54. The van der Waals surface area contributed by atoms with Gasteiger partial charge in [-0.1, -0.05) is 26.0 Å². The third-order valence-electron chi connectivity index (χ3n) is 4.65. The van der Waals surface area contributed by atoms with Crippen molar-refractivity contribution in [3.8, 4) is 5.75 Å². The Morgan fingerprint density at radius 3 is 2.28 bits per heavy atom. The minimum atomic E-state index is -0.314. The number of anilines is 1. The summed E-state index contributed by atoms with van der Waals surface area (Å²) in [5.41, 5.74) is 1.44. The number of rotatable bonds is 8. The second-order valence-electron chi connectivity index (χ2n) is 6.78. The molecular weight excluding hydrogens is 368 g/mol. The molecule has 1 N–H and O–H groups in total. The van der Waals surface area contributed by atoms with Crippen LogP contribution in [0.25, 0.3) is 11.0 Å². The van der Waals surface area contributed by atoms with Gasteiger partial charge in [-0.3, -0.25) is 9.59 Å². The Hall–Kier alpha value is -3.28. The van der Waals surface area contributed by atoms with Crippen LogP contribution in [-0.4, -0.2) is 36.9 Å². The van der Waals surface area contributed by atoms with Gasteiger partial charge in [-0.15, -0.1) is 0 Å². The lowest BCUT2D eigenvalue weighted by Gasteiger charge is -2.20. The van der Waals surface area contributed by atoms with Crippen LogP contribution in [0.5, 0.6) is 5.75 Å². The Bertz CT molecular complexity index is 986. The second kappa shape index (κ2) is 9.28. The van der Waals surface area contributed by atoms with Gasteiger partial charge in [-0.2, -0.15) is 0 Å². The van der Waals surface area contributed by atoms with E-state index in [4.69, 9.17) is 9.15 Å². The molecule has 0 radical (unpaired) electrons. The van der Waals surface area contributed by atoms with Gasteiger partial charge in [0.25, 0.3) is 11.8 Å². The van der Waals surface area contributed by atoms with Crippen LogP contribution >= 0.6 is 0 Å². The molecule has 2 amide bonds. The van der Waals surface area contributed by atoms with E-state index < -0.39 is 0 Å². The number of fused-ring (bicyclic) bond motifs is 1. The molecule has 0 unspecified atom stereocenters. The molecule has 6 nitrogen and oxygen atoms in total. The van der Waals surface area contributed by atoms with Gasteiger partial charge in [0.05, 0.1) is 7.11 Å². The lowest BCUT2D eigenvalue weighted by atomic mass is 10.1. The molecule has 1 heterocycles. The molecule has 0 fully saturated rings. The van der Waals surface area contributed by atoms with Gasteiger partial charge in [0.2, 0.25) is 5.76 Å². The highest BCUT2D eigenvalue weighted by Crippen LogP contribution is 2.32. The maximum atomic E-state index is 13.2. The van der Waals surface area contributed by atoms with Crippen LogP contribution < -0.4 is 10.1 Å². The summed E-state index contributed by atoms with van der Waals surface area (Å²) in [6.07, 6.45) is 1.69. The molecule has 0 bridgehead atoms. The average Bonchev–Trinajstić information content (AvgIpc) is 3.11. The van der Waals surface area contributed by atoms with Crippen LogP contribution in [0.3, 0.4) is 0 Å². The number of amides is 2. The van der Waals surface area contributed by atoms with Gasteiger partial charge in [-0.05, 0) is 49.2 Å². The molecule has 2 aromatic carbocycles. The van der Waals surface area contributed by atoms with Crippen LogP contribution in [0.1, 0.15) is 47.6 Å². The van der Waals surface area contributed by atoms with Crippen molar-refractivity contribution in [1.29, 1.82) is 0 Å². The van der Waals surface area contributed by atoms with E-state index in [1.807, 2.05) is 32.0 Å². The summed E-state index contributed by atoms with van der Waals surface area (Å²) in [4.78, 5) is 27.8. The van der Waals surface area contributed by atoms with E-state index in [-0.39, 0.29) is 17.6 Å². The van der Waals surface area contributed by atoms with E-state index in [9.17, 15) is 9.59 Å². The van der Waals surface area contributed by atoms with Crippen LogP contribution in [0.15, 0.2) is 52.9 Å². The van der Waals surface area contributed by atoms with E-state index in [2.05, 4.69) is 5.32 Å². The largest absolute Gasteiger partial charge is 0.497 e. The molecule has 0 atom stereocenters. The molecule has 6 heteroatoms. The molecule has 152 valence electrons. The zero-order valence-corrected chi connectivity index (χ0v) is 17.0. The first-order valence-corrected chi connectivity index (χ1v) is 9.85. The minimum absolute atomic E-state index is 0.162. The first-order valence-electron chi connectivity index (χ1n) is 9.85. The standard InChI is InChI=1S/C23H26N2O4/c1-4-14-25(15-5-2)23(27)21-20(18-8-6-7-9-19(18)29-21)24-22(26)16-10-12-17(28-3)13-11-16/h6-13H,4-5,14-15H2,1-3H3,(H,24,26). The molecule has 1 aromatic heterocycles. The van der Waals surface area contributed by atoms with Crippen LogP contribution in [0.2, 0.25) is 0 Å². The summed E-state index contributed by atoms with van der Waals surface area (Å²) in [6.45, 7) is 5.33. The average molecular weight is 394 g/mol. The summed E-state index contributed by atoms with van der Waals surface area (Å²) in [6, 6.07) is 14.1. The number of methoxy groups -OCH3 is 1. The highest BCUT2D eigenvalue weighted by atomic mass is 16.5. The number of nitrogens with one attached hydrogen (secondary N) is 1. The van der Waals surface area contributed by atoms with Crippen molar-refractivity contribution in [1.82, 2.24) is 4.90 Å². The summed E-state index contributed by atoms with van der Waals surface area (Å²) in [7, 11) is 1.57. The van der Waals surface area contributed by atoms with Crippen molar-refractivity contribution >= 4 is 28.5 Å². The molecular formula is C23H26N2O4. The number of benzene rings is 2. The third-order valence-corrected chi connectivity index (χ3v) is 4.65. The summed E-state index contributed by atoms with van der Waals surface area (Å²) in [5.74, 6) is 0.302. The molecule has 29 heavy (non-hydrogen) atoms. The van der Waals surface area contributed by atoms with Crippen LogP contribution in [0, 0.1) is 0 Å².